The summed E-state index contributed by atoms with van der Waals surface area (Å²) in [4.78, 5) is 36.6. The smallest absolute Gasteiger partial charge is 0.333 e. The maximum absolute atomic E-state index is 12.3. The standard InChI is InChI=1S/C32H44O6/c1-19-8-10-25(37-28(19)35)20(2)22-12-15-31(7)23-9-11-26(29(4,5)38-21(3)33)32(17-14-27(34)36-18-32)24(23)13-16-30(22,31)6/h8-9,13,20,22,25-26H,10-12,14-18H2,1-7H3. The van der Waals surface area contributed by atoms with Crippen LogP contribution in [0, 0.1) is 34.0 Å². The van der Waals surface area contributed by atoms with Crippen molar-refractivity contribution in [3.05, 3.63) is 34.9 Å². The number of hydrogen-bond acceptors (Lipinski definition) is 6. The molecule has 1 spiro atoms. The van der Waals surface area contributed by atoms with E-state index in [9.17, 15) is 14.4 Å². The minimum atomic E-state index is -0.691. The zero-order valence-corrected chi connectivity index (χ0v) is 24.1. The van der Waals surface area contributed by atoms with Gasteiger partial charge in [0.05, 0.1) is 0 Å². The normalized spacial score (nSPS) is 39.7. The molecule has 0 aromatic heterocycles. The predicted molar refractivity (Wildman–Crippen MR) is 144 cm³/mol. The molecule has 2 heterocycles. The second-order valence-electron chi connectivity index (χ2n) is 13.6. The summed E-state index contributed by atoms with van der Waals surface area (Å²) >= 11 is 0. The Balaban J connectivity index is 1.52. The van der Waals surface area contributed by atoms with Crippen LogP contribution in [0.4, 0.5) is 0 Å². The summed E-state index contributed by atoms with van der Waals surface area (Å²) in [6.07, 6.45) is 12.5. The highest BCUT2D eigenvalue weighted by molar-refractivity contribution is 5.88. The summed E-state index contributed by atoms with van der Waals surface area (Å²) in [5, 5.41) is 0. The van der Waals surface area contributed by atoms with Crippen molar-refractivity contribution in [3.8, 4) is 0 Å². The lowest BCUT2D eigenvalue weighted by molar-refractivity contribution is -0.176. The number of ether oxygens (including phenoxy) is 3. The van der Waals surface area contributed by atoms with E-state index in [1.807, 2.05) is 26.8 Å². The third kappa shape index (κ3) is 3.92. The van der Waals surface area contributed by atoms with Gasteiger partial charge in [0.25, 0.3) is 0 Å². The second-order valence-corrected chi connectivity index (χ2v) is 13.6. The Labute approximate surface area is 227 Å². The average molecular weight is 525 g/mol. The summed E-state index contributed by atoms with van der Waals surface area (Å²) in [5.41, 5.74) is 2.33. The molecule has 7 unspecified atom stereocenters. The van der Waals surface area contributed by atoms with Crippen molar-refractivity contribution in [1.29, 1.82) is 0 Å². The van der Waals surface area contributed by atoms with Crippen molar-refractivity contribution in [1.82, 2.24) is 0 Å². The van der Waals surface area contributed by atoms with E-state index in [2.05, 4.69) is 32.9 Å². The number of fused-ring (bicyclic) bond motifs is 4. The first-order chi connectivity index (χ1) is 17.7. The number of hydrogen-bond donors (Lipinski definition) is 0. The van der Waals surface area contributed by atoms with Crippen LogP contribution in [0.2, 0.25) is 0 Å². The molecule has 0 bridgehead atoms. The van der Waals surface area contributed by atoms with Crippen LogP contribution in [-0.4, -0.2) is 36.2 Å². The van der Waals surface area contributed by atoms with Gasteiger partial charge in [-0.25, -0.2) is 4.79 Å². The van der Waals surface area contributed by atoms with Crippen molar-refractivity contribution < 1.29 is 28.6 Å². The van der Waals surface area contributed by atoms with Crippen molar-refractivity contribution in [2.45, 2.75) is 105 Å². The second kappa shape index (κ2) is 9.09. The number of carbonyl (C=O) groups excluding carboxylic acids is 3. The summed E-state index contributed by atoms with van der Waals surface area (Å²) < 4.78 is 17.6. The Morgan fingerprint density at radius 2 is 1.84 bits per heavy atom. The third-order valence-corrected chi connectivity index (χ3v) is 11.4. The van der Waals surface area contributed by atoms with Crippen LogP contribution in [0.25, 0.3) is 0 Å². The molecule has 0 aromatic rings. The van der Waals surface area contributed by atoms with Gasteiger partial charge in [-0.15, -0.1) is 0 Å². The molecular formula is C32H44O6. The monoisotopic (exact) mass is 524 g/mol. The molecule has 2 fully saturated rings. The van der Waals surface area contributed by atoms with Crippen LogP contribution in [-0.2, 0) is 28.6 Å². The molecule has 0 aromatic carbocycles. The SMILES string of the molecule is CC(=O)OC(C)(C)C1CC=C2C(=CCC3(C)C(C(C)C4CC=C(C)C(=O)O4)CCC23C)C12CCC(=O)OC2. The van der Waals surface area contributed by atoms with Gasteiger partial charge in [0.2, 0.25) is 0 Å². The number of allylic oxidation sites excluding steroid dienone is 3. The van der Waals surface area contributed by atoms with Crippen molar-refractivity contribution >= 4 is 17.9 Å². The predicted octanol–water partition coefficient (Wildman–Crippen LogP) is 6.25. The Hall–Kier alpha value is -2.37. The minimum absolute atomic E-state index is 0.0164. The highest BCUT2D eigenvalue weighted by Crippen LogP contribution is 2.71. The quantitative estimate of drug-likeness (QED) is 0.320. The summed E-state index contributed by atoms with van der Waals surface area (Å²) in [7, 11) is 0. The van der Waals surface area contributed by atoms with E-state index in [1.54, 1.807) is 0 Å². The zero-order chi connectivity index (χ0) is 27.7. The molecule has 5 rings (SSSR count). The van der Waals surface area contributed by atoms with E-state index < -0.39 is 5.60 Å². The van der Waals surface area contributed by atoms with Crippen LogP contribution in [0.15, 0.2) is 34.9 Å². The van der Waals surface area contributed by atoms with Crippen LogP contribution in [0.3, 0.4) is 0 Å². The lowest BCUT2D eigenvalue weighted by atomic mass is 9.46. The molecule has 38 heavy (non-hydrogen) atoms. The Morgan fingerprint density at radius 3 is 2.47 bits per heavy atom. The molecule has 0 radical (unpaired) electrons. The van der Waals surface area contributed by atoms with E-state index in [0.29, 0.717) is 30.9 Å². The molecule has 208 valence electrons. The van der Waals surface area contributed by atoms with Crippen LogP contribution in [0.1, 0.15) is 93.4 Å². The van der Waals surface area contributed by atoms with Gasteiger partial charge >= 0.3 is 17.9 Å². The van der Waals surface area contributed by atoms with Crippen LogP contribution < -0.4 is 0 Å². The topological polar surface area (TPSA) is 78.9 Å². The van der Waals surface area contributed by atoms with Gasteiger partial charge in [-0.05, 0) is 86.7 Å². The highest BCUT2D eigenvalue weighted by atomic mass is 16.6. The first-order valence-corrected chi connectivity index (χ1v) is 14.4. The van der Waals surface area contributed by atoms with Gasteiger partial charge in [0.15, 0.2) is 0 Å². The highest BCUT2D eigenvalue weighted by Gasteiger charge is 2.64. The molecule has 1 saturated heterocycles. The van der Waals surface area contributed by atoms with E-state index >= 15 is 0 Å². The Bertz CT molecular complexity index is 1130. The first-order valence-electron chi connectivity index (χ1n) is 14.4. The Morgan fingerprint density at radius 1 is 1.11 bits per heavy atom. The zero-order valence-electron chi connectivity index (χ0n) is 24.1. The molecule has 6 nitrogen and oxygen atoms in total. The molecule has 7 atom stereocenters. The lowest BCUT2D eigenvalue weighted by Gasteiger charge is -2.59. The molecule has 3 aliphatic carbocycles. The van der Waals surface area contributed by atoms with Crippen LogP contribution >= 0.6 is 0 Å². The van der Waals surface area contributed by atoms with E-state index in [1.165, 1.54) is 18.1 Å². The minimum Gasteiger partial charge on any atom is -0.465 e. The number of cyclic esters (lactones) is 2. The molecular weight excluding hydrogens is 480 g/mol. The summed E-state index contributed by atoms with van der Waals surface area (Å²) in [6.45, 7) is 14.8. The van der Waals surface area contributed by atoms with Gasteiger partial charge in [0.1, 0.15) is 18.3 Å². The fourth-order valence-electron chi connectivity index (χ4n) is 9.09. The van der Waals surface area contributed by atoms with Crippen molar-refractivity contribution in [2.24, 2.45) is 34.0 Å². The van der Waals surface area contributed by atoms with Gasteiger partial charge in [-0.2, -0.15) is 0 Å². The number of carbonyl (C=O) groups is 3. The molecule has 5 aliphatic rings. The van der Waals surface area contributed by atoms with Crippen molar-refractivity contribution in [3.63, 3.8) is 0 Å². The first kappa shape index (κ1) is 27.2. The van der Waals surface area contributed by atoms with Gasteiger partial charge in [-0.1, -0.05) is 39.0 Å². The maximum atomic E-state index is 12.3. The largest absolute Gasteiger partial charge is 0.465 e. The van der Waals surface area contributed by atoms with Gasteiger partial charge in [0, 0.05) is 36.7 Å². The average Bonchev–Trinajstić information content (AvgIpc) is 3.13. The molecule has 1 saturated carbocycles. The Kier molecular flexibility index (Phi) is 6.51. The third-order valence-electron chi connectivity index (χ3n) is 11.4. The molecule has 2 aliphatic heterocycles. The fraction of sp³-hybridized carbons (Fsp3) is 0.719. The fourth-order valence-corrected chi connectivity index (χ4v) is 9.09. The van der Waals surface area contributed by atoms with E-state index in [0.717, 1.165) is 32.1 Å². The van der Waals surface area contributed by atoms with E-state index in [-0.39, 0.29) is 52.1 Å². The maximum Gasteiger partial charge on any atom is 0.333 e. The number of esters is 3. The summed E-state index contributed by atoms with van der Waals surface area (Å²) in [6, 6.07) is 0. The molecule has 6 heteroatoms. The number of rotatable bonds is 4. The van der Waals surface area contributed by atoms with E-state index in [4.69, 9.17) is 14.2 Å². The molecule has 0 N–H and O–H groups in total. The lowest BCUT2D eigenvalue weighted by Crippen LogP contribution is -2.56. The van der Waals surface area contributed by atoms with Crippen molar-refractivity contribution in [2.75, 3.05) is 6.61 Å². The molecule has 0 amide bonds. The van der Waals surface area contributed by atoms with Gasteiger partial charge in [-0.3, -0.25) is 9.59 Å². The van der Waals surface area contributed by atoms with Crippen LogP contribution in [0.5, 0.6) is 0 Å². The van der Waals surface area contributed by atoms with Gasteiger partial charge < -0.3 is 14.2 Å². The summed E-state index contributed by atoms with van der Waals surface area (Å²) in [5.74, 6) is 0.0775.